The van der Waals surface area contributed by atoms with Crippen LogP contribution in [0.2, 0.25) is 0 Å². The summed E-state index contributed by atoms with van der Waals surface area (Å²) in [5.74, 6) is -0.942. The number of hydrogen-bond acceptors (Lipinski definition) is 4. The van der Waals surface area contributed by atoms with Crippen molar-refractivity contribution >= 4 is 29.3 Å². The maximum atomic E-state index is 13.5. The highest BCUT2D eigenvalue weighted by molar-refractivity contribution is 8.01. The van der Waals surface area contributed by atoms with Crippen molar-refractivity contribution in [3.8, 4) is 6.07 Å². The highest BCUT2D eigenvalue weighted by Crippen LogP contribution is 2.41. The molecule has 0 saturated heterocycles. The molecule has 0 radical (unpaired) electrons. The van der Waals surface area contributed by atoms with Crippen molar-refractivity contribution in [3.63, 3.8) is 0 Å². The molecule has 0 saturated carbocycles. The smallest absolute Gasteiger partial charge is 0.335 e. The Balaban J connectivity index is 1.63. The van der Waals surface area contributed by atoms with Crippen LogP contribution >= 0.6 is 11.8 Å². The van der Waals surface area contributed by atoms with Gasteiger partial charge in [0.05, 0.1) is 34.7 Å². The van der Waals surface area contributed by atoms with Crippen LogP contribution in [0.3, 0.4) is 0 Å². The first kappa shape index (κ1) is 20.7. The second-order valence-electron chi connectivity index (χ2n) is 7.46. The molecule has 1 amide bonds. The van der Waals surface area contributed by atoms with E-state index in [9.17, 15) is 9.59 Å². The van der Waals surface area contributed by atoms with E-state index in [0.717, 1.165) is 27.3 Å². The molecule has 1 aliphatic rings. The van der Waals surface area contributed by atoms with E-state index in [2.05, 4.69) is 6.07 Å². The summed E-state index contributed by atoms with van der Waals surface area (Å²) in [6, 6.07) is 22.2. The highest BCUT2D eigenvalue weighted by Gasteiger charge is 2.33. The summed E-state index contributed by atoms with van der Waals surface area (Å²) in [6.07, 6.45) is 0.514. The second kappa shape index (κ2) is 8.66. The quantitative estimate of drug-likeness (QED) is 0.630. The predicted octanol–water partition coefficient (Wildman–Crippen LogP) is 4.82. The van der Waals surface area contributed by atoms with E-state index in [1.165, 1.54) is 0 Å². The standard InChI is InChI=1S/C25H20N2O3S/c1-16-12-18(14-26)8-11-20(16)15-27-21-4-2-3-5-22(21)31-23(24(27)28)13-17-6-9-19(10-7-17)25(29)30/h2-12,23H,13,15H2,1H3,(H,29,30). The summed E-state index contributed by atoms with van der Waals surface area (Å²) in [6.45, 7) is 2.38. The topological polar surface area (TPSA) is 81.4 Å². The summed E-state index contributed by atoms with van der Waals surface area (Å²) in [5.41, 5.74) is 4.62. The minimum absolute atomic E-state index is 0.0229. The number of nitrogens with zero attached hydrogens (tertiary/aromatic N) is 2. The molecule has 1 N–H and O–H groups in total. The second-order valence-corrected chi connectivity index (χ2v) is 8.70. The van der Waals surface area contributed by atoms with Crippen LogP contribution in [0.15, 0.2) is 71.6 Å². The fourth-order valence-corrected chi connectivity index (χ4v) is 4.95. The molecule has 3 aromatic carbocycles. The van der Waals surface area contributed by atoms with E-state index in [4.69, 9.17) is 10.4 Å². The van der Waals surface area contributed by atoms with Gasteiger partial charge in [-0.3, -0.25) is 4.79 Å². The largest absolute Gasteiger partial charge is 0.478 e. The average molecular weight is 429 g/mol. The Morgan fingerprint density at radius 2 is 1.87 bits per heavy atom. The number of aromatic carboxylic acids is 1. The monoisotopic (exact) mass is 428 g/mol. The van der Waals surface area contributed by atoms with Crippen molar-refractivity contribution in [1.29, 1.82) is 5.26 Å². The average Bonchev–Trinajstić information content (AvgIpc) is 2.78. The Morgan fingerprint density at radius 1 is 1.13 bits per heavy atom. The number of carbonyl (C=O) groups excluding carboxylic acids is 1. The zero-order valence-corrected chi connectivity index (χ0v) is 17.7. The third-order valence-corrected chi connectivity index (χ3v) is 6.64. The Labute approximate surface area is 184 Å². The molecule has 3 aromatic rings. The molecule has 0 bridgehead atoms. The Morgan fingerprint density at radius 3 is 2.55 bits per heavy atom. The Bertz CT molecular complexity index is 1200. The number of carboxylic acids is 1. The lowest BCUT2D eigenvalue weighted by atomic mass is 10.0. The number of anilines is 1. The van der Waals surface area contributed by atoms with E-state index >= 15 is 0 Å². The number of fused-ring (bicyclic) bond motifs is 1. The van der Waals surface area contributed by atoms with Crippen LogP contribution in [0.25, 0.3) is 0 Å². The predicted molar refractivity (Wildman–Crippen MR) is 120 cm³/mol. The summed E-state index contributed by atoms with van der Waals surface area (Å²) < 4.78 is 0. The van der Waals surface area contributed by atoms with E-state index in [-0.39, 0.29) is 16.7 Å². The molecular formula is C25H20N2O3S. The minimum Gasteiger partial charge on any atom is -0.478 e. The molecule has 5 nitrogen and oxygen atoms in total. The molecule has 1 aliphatic heterocycles. The van der Waals surface area contributed by atoms with Gasteiger partial charge < -0.3 is 10.0 Å². The third-order valence-electron chi connectivity index (χ3n) is 5.39. The fourth-order valence-electron chi connectivity index (χ4n) is 3.68. The Kier molecular flexibility index (Phi) is 5.79. The van der Waals surface area contributed by atoms with Crippen LogP contribution in [-0.2, 0) is 17.8 Å². The number of hydrogen-bond donors (Lipinski definition) is 1. The first-order valence-electron chi connectivity index (χ1n) is 9.85. The normalized spacial score (nSPS) is 15.3. The lowest BCUT2D eigenvalue weighted by Gasteiger charge is -2.34. The van der Waals surface area contributed by atoms with E-state index in [1.807, 2.05) is 48.2 Å². The first-order valence-corrected chi connectivity index (χ1v) is 10.7. The van der Waals surface area contributed by atoms with Gasteiger partial charge in [0.15, 0.2) is 0 Å². The maximum absolute atomic E-state index is 13.5. The zero-order chi connectivity index (χ0) is 22.0. The molecule has 1 heterocycles. The SMILES string of the molecule is Cc1cc(C#N)ccc1CN1C(=O)C(Cc2ccc(C(=O)O)cc2)Sc2ccccc21. The fraction of sp³-hybridized carbons (Fsp3) is 0.160. The third kappa shape index (κ3) is 4.32. The highest BCUT2D eigenvalue weighted by atomic mass is 32.2. The van der Waals surface area contributed by atoms with Crippen molar-refractivity contribution in [2.75, 3.05) is 4.90 Å². The van der Waals surface area contributed by atoms with Crippen molar-refractivity contribution in [2.24, 2.45) is 0 Å². The molecule has 154 valence electrons. The molecule has 0 fully saturated rings. The number of benzene rings is 3. The number of amides is 1. The lowest BCUT2D eigenvalue weighted by Crippen LogP contribution is -2.41. The molecular weight excluding hydrogens is 408 g/mol. The molecule has 1 atom stereocenters. The number of nitriles is 1. The lowest BCUT2D eigenvalue weighted by molar-refractivity contribution is -0.118. The van der Waals surface area contributed by atoms with Crippen LogP contribution in [0, 0.1) is 18.3 Å². The number of carbonyl (C=O) groups is 2. The summed E-state index contributed by atoms with van der Waals surface area (Å²) >= 11 is 1.54. The van der Waals surface area contributed by atoms with Crippen molar-refractivity contribution in [2.45, 2.75) is 30.0 Å². The van der Waals surface area contributed by atoms with Crippen molar-refractivity contribution in [1.82, 2.24) is 0 Å². The molecule has 6 heteroatoms. The van der Waals surface area contributed by atoms with Gasteiger partial charge >= 0.3 is 5.97 Å². The van der Waals surface area contributed by atoms with E-state index < -0.39 is 5.97 Å². The van der Waals surface area contributed by atoms with E-state index in [1.54, 1.807) is 42.1 Å². The summed E-state index contributed by atoms with van der Waals surface area (Å²) in [4.78, 5) is 27.4. The first-order chi connectivity index (χ1) is 15.0. The number of para-hydroxylation sites is 1. The Hall–Kier alpha value is -3.56. The number of thioether (sulfide) groups is 1. The van der Waals surface area contributed by atoms with Crippen LogP contribution < -0.4 is 4.90 Å². The minimum atomic E-state index is -0.965. The molecule has 31 heavy (non-hydrogen) atoms. The van der Waals surface area contributed by atoms with Gasteiger partial charge in [-0.05, 0) is 66.4 Å². The number of aryl methyl sites for hydroxylation is 1. The summed E-state index contributed by atoms with van der Waals surface area (Å²) in [5, 5.41) is 17.9. The van der Waals surface area contributed by atoms with Crippen molar-refractivity contribution < 1.29 is 14.7 Å². The van der Waals surface area contributed by atoms with Crippen LogP contribution in [0.4, 0.5) is 5.69 Å². The van der Waals surface area contributed by atoms with Gasteiger partial charge in [0, 0.05) is 4.90 Å². The van der Waals surface area contributed by atoms with Crippen LogP contribution in [0.5, 0.6) is 0 Å². The van der Waals surface area contributed by atoms with Crippen LogP contribution in [-0.4, -0.2) is 22.2 Å². The molecule has 0 aromatic heterocycles. The van der Waals surface area contributed by atoms with Gasteiger partial charge in [-0.25, -0.2) is 4.79 Å². The molecule has 0 aliphatic carbocycles. The molecule has 0 spiro atoms. The van der Waals surface area contributed by atoms with Gasteiger partial charge in [-0.2, -0.15) is 5.26 Å². The van der Waals surface area contributed by atoms with Gasteiger partial charge in [0.25, 0.3) is 0 Å². The number of carboxylic acid groups (broad SMARTS) is 1. The van der Waals surface area contributed by atoms with Gasteiger partial charge in [0.2, 0.25) is 5.91 Å². The number of rotatable bonds is 5. The molecule has 1 unspecified atom stereocenters. The van der Waals surface area contributed by atoms with Gasteiger partial charge in [-0.15, -0.1) is 11.8 Å². The van der Waals surface area contributed by atoms with E-state index in [0.29, 0.717) is 18.5 Å². The van der Waals surface area contributed by atoms with Crippen LogP contribution in [0.1, 0.15) is 32.6 Å². The maximum Gasteiger partial charge on any atom is 0.335 e. The zero-order valence-electron chi connectivity index (χ0n) is 16.9. The van der Waals surface area contributed by atoms with Crippen molar-refractivity contribution in [3.05, 3.63) is 94.5 Å². The molecule has 4 rings (SSSR count). The summed E-state index contributed by atoms with van der Waals surface area (Å²) in [7, 11) is 0. The van der Waals surface area contributed by atoms with Gasteiger partial charge in [0.1, 0.15) is 0 Å². The van der Waals surface area contributed by atoms with Gasteiger partial charge in [-0.1, -0.05) is 30.3 Å².